The Morgan fingerprint density at radius 2 is 2.16 bits per heavy atom. The van der Waals surface area contributed by atoms with Gasteiger partial charge in [0.1, 0.15) is 5.82 Å². The molecule has 1 saturated carbocycles. The average Bonchev–Trinajstić information content (AvgIpc) is 3.04. The van der Waals surface area contributed by atoms with Crippen molar-refractivity contribution in [2.75, 3.05) is 0 Å². The molecule has 1 heterocycles. The Kier molecular flexibility index (Phi) is 2.62. The number of hydrogen-bond donors (Lipinski definition) is 2. The Bertz CT molecular complexity index is 641. The largest absolute Gasteiger partial charge is 0.361 e. The van der Waals surface area contributed by atoms with Gasteiger partial charge in [-0.15, -0.1) is 0 Å². The van der Waals surface area contributed by atoms with Gasteiger partial charge in [-0.3, -0.25) is 4.79 Å². The van der Waals surface area contributed by atoms with E-state index >= 15 is 0 Å². The van der Waals surface area contributed by atoms with Gasteiger partial charge in [0.25, 0.3) is 0 Å². The van der Waals surface area contributed by atoms with E-state index in [1.807, 2.05) is 20.0 Å². The van der Waals surface area contributed by atoms with Crippen molar-refractivity contribution in [1.82, 2.24) is 10.3 Å². The second-order valence-electron chi connectivity index (χ2n) is 5.60. The Morgan fingerprint density at radius 3 is 2.79 bits per heavy atom. The highest BCUT2D eigenvalue weighted by Crippen LogP contribution is 2.50. The maximum atomic E-state index is 13.4. The molecular weight excluding hydrogens is 243 g/mol. The maximum absolute atomic E-state index is 13.4. The minimum absolute atomic E-state index is 0.0488. The van der Waals surface area contributed by atoms with Crippen LogP contribution in [0.25, 0.3) is 10.9 Å². The molecule has 1 aliphatic carbocycles. The number of carbonyl (C=O) groups is 1. The molecule has 2 aromatic rings. The molecule has 0 spiro atoms. The third-order valence-electron chi connectivity index (χ3n) is 3.76. The average molecular weight is 260 g/mol. The summed E-state index contributed by atoms with van der Waals surface area (Å²) in [5.74, 6) is -0.221. The predicted octanol–water partition coefficient (Wildman–Crippen LogP) is 2.86. The second-order valence-corrected chi connectivity index (χ2v) is 5.60. The number of aromatic amines is 1. The first-order valence-electron chi connectivity index (χ1n) is 6.61. The number of halogens is 1. The van der Waals surface area contributed by atoms with Crippen molar-refractivity contribution in [1.29, 1.82) is 0 Å². The number of hydrogen-bond acceptors (Lipinski definition) is 1. The second kappa shape index (κ2) is 4.08. The molecule has 0 bridgehead atoms. The smallest absolute Gasteiger partial charge is 0.230 e. The molecule has 0 aliphatic heterocycles. The number of H-pyrrole nitrogens is 1. The van der Waals surface area contributed by atoms with Gasteiger partial charge < -0.3 is 10.3 Å². The van der Waals surface area contributed by atoms with Crippen LogP contribution in [0, 0.1) is 5.82 Å². The molecule has 100 valence electrons. The summed E-state index contributed by atoms with van der Waals surface area (Å²) in [4.78, 5) is 15.5. The number of rotatable bonds is 3. The lowest BCUT2D eigenvalue weighted by molar-refractivity contribution is -0.124. The van der Waals surface area contributed by atoms with Gasteiger partial charge >= 0.3 is 0 Å². The summed E-state index contributed by atoms with van der Waals surface area (Å²) in [5, 5.41) is 3.78. The van der Waals surface area contributed by atoms with Crippen LogP contribution in [0.3, 0.4) is 0 Å². The van der Waals surface area contributed by atoms with E-state index in [-0.39, 0.29) is 17.8 Å². The molecule has 3 nitrogen and oxygen atoms in total. The lowest BCUT2D eigenvalue weighted by Crippen LogP contribution is -2.38. The van der Waals surface area contributed by atoms with E-state index in [4.69, 9.17) is 0 Å². The summed E-state index contributed by atoms with van der Waals surface area (Å²) in [7, 11) is 0. The molecule has 0 saturated heterocycles. The third-order valence-corrected chi connectivity index (χ3v) is 3.76. The van der Waals surface area contributed by atoms with Crippen LogP contribution in [0.5, 0.6) is 0 Å². The summed E-state index contributed by atoms with van der Waals surface area (Å²) in [6, 6.07) is 4.76. The molecular formula is C15H17FN2O. The van der Waals surface area contributed by atoms with E-state index in [9.17, 15) is 9.18 Å². The first-order valence-corrected chi connectivity index (χ1v) is 6.61. The fourth-order valence-electron chi connectivity index (χ4n) is 2.63. The zero-order valence-electron chi connectivity index (χ0n) is 11.1. The predicted molar refractivity (Wildman–Crippen MR) is 72.4 cm³/mol. The highest BCUT2D eigenvalue weighted by atomic mass is 19.1. The first-order chi connectivity index (χ1) is 9.03. The van der Waals surface area contributed by atoms with E-state index < -0.39 is 5.41 Å². The maximum Gasteiger partial charge on any atom is 0.230 e. The summed E-state index contributed by atoms with van der Waals surface area (Å²) in [5.41, 5.74) is 1.33. The summed E-state index contributed by atoms with van der Waals surface area (Å²) < 4.78 is 13.4. The molecule has 2 N–H and O–H groups in total. The van der Waals surface area contributed by atoms with Crippen LogP contribution in [0.2, 0.25) is 0 Å². The molecule has 19 heavy (non-hydrogen) atoms. The summed E-state index contributed by atoms with van der Waals surface area (Å²) >= 11 is 0. The van der Waals surface area contributed by atoms with Gasteiger partial charge in [0.15, 0.2) is 0 Å². The Hall–Kier alpha value is -1.84. The molecule has 0 radical (unpaired) electrons. The van der Waals surface area contributed by atoms with Gasteiger partial charge in [-0.1, -0.05) is 0 Å². The SMILES string of the molecule is CC(C)NC(=O)C1(c2c[nH]c3ccc(F)cc23)CC1. The molecule has 1 aliphatic rings. The van der Waals surface area contributed by atoms with Gasteiger partial charge in [0.05, 0.1) is 5.41 Å². The lowest BCUT2D eigenvalue weighted by atomic mass is 9.94. The molecule has 1 aromatic carbocycles. The van der Waals surface area contributed by atoms with E-state index in [0.29, 0.717) is 0 Å². The number of aromatic nitrogens is 1. The van der Waals surface area contributed by atoms with Crippen molar-refractivity contribution >= 4 is 16.8 Å². The van der Waals surface area contributed by atoms with Crippen LogP contribution in [0.4, 0.5) is 4.39 Å². The first kappa shape index (κ1) is 12.2. The van der Waals surface area contributed by atoms with Crippen molar-refractivity contribution in [3.63, 3.8) is 0 Å². The fourth-order valence-corrected chi connectivity index (χ4v) is 2.63. The highest BCUT2D eigenvalue weighted by molar-refractivity contribution is 5.97. The number of nitrogens with one attached hydrogen (secondary N) is 2. The number of amides is 1. The topological polar surface area (TPSA) is 44.9 Å². The lowest BCUT2D eigenvalue weighted by Gasteiger charge is -2.17. The summed E-state index contributed by atoms with van der Waals surface area (Å²) in [6.07, 6.45) is 3.50. The van der Waals surface area contributed by atoms with Crippen molar-refractivity contribution in [3.8, 4) is 0 Å². The van der Waals surface area contributed by atoms with Gasteiger partial charge in [-0.05, 0) is 50.5 Å². The molecule has 3 rings (SSSR count). The van der Waals surface area contributed by atoms with Crippen molar-refractivity contribution < 1.29 is 9.18 Å². The Labute approximate surface area is 111 Å². The molecule has 4 heteroatoms. The van der Waals surface area contributed by atoms with E-state index in [0.717, 1.165) is 29.3 Å². The number of benzene rings is 1. The van der Waals surface area contributed by atoms with Gasteiger partial charge in [-0.25, -0.2) is 4.39 Å². The monoisotopic (exact) mass is 260 g/mol. The molecule has 1 amide bonds. The van der Waals surface area contributed by atoms with Crippen molar-refractivity contribution in [3.05, 3.63) is 35.8 Å². The van der Waals surface area contributed by atoms with Crippen LogP contribution >= 0.6 is 0 Å². The molecule has 0 unspecified atom stereocenters. The minimum atomic E-state index is -0.462. The highest BCUT2D eigenvalue weighted by Gasteiger charge is 2.52. The van der Waals surface area contributed by atoms with Crippen LogP contribution in [0.15, 0.2) is 24.4 Å². The third kappa shape index (κ3) is 1.91. The summed E-state index contributed by atoms with van der Waals surface area (Å²) in [6.45, 7) is 3.89. The quantitative estimate of drug-likeness (QED) is 0.875. The van der Waals surface area contributed by atoms with Crippen molar-refractivity contribution in [2.24, 2.45) is 0 Å². The van der Waals surface area contributed by atoms with Crippen LogP contribution in [0.1, 0.15) is 32.3 Å². The minimum Gasteiger partial charge on any atom is -0.361 e. The standard InChI is InChI=1S/C15H17FN2O/c1-9(2)18-14(19)15(5-6-15)12-8-17-13-4-3-10(16)7-11(12)13/h3-4,7-9,17H,5-6H2,1-2H3,(H,18,19). The van der Waals surface area contributed by atoms with Crippen molar-refractivity contribution in [2.45, 2.75) is 38.1 Å². The zero-order valence-corrected chi connectivity index (χ0v) is 11.1. The molecule has 0 atom stereocenters. The fraction of sp³-hybridized carbons (Fsp3) is 0.400. The molecule has 1 fully saturated rings. The van der Waals surface area contributed by atoms with E-state index in [1.54, 1.807) is 6.07 Å². The van der Waals surface area contributed by atoms with Gasteiger partial charge in [0, 0.05) is 23.1 Å². The number of carbonyl (C=O) groups excluding carboxylic acids is 1. The van der Waals surface area contributed by atoms with Crippen LogP contribution in [-0.2, 0) is 10.2 Å². The zero-order chi connectivity index (χ0) is 13.6. The van der Waals surface area contributed by atoms with Gasteiger partial charge in [0.2, 0.25) is 5.91 Å². The van der Waals surface area contributed by atoms with Crippen LogP contribution in [-0.4, -0.2) is 16.9 Å². The Balaban J connectivity index is 2.04. The normalized spacial score (nSPS) is 16.8. The molecule has 1 aromatic heterocycles. The van der Waals surface area contributed by atoms with Gasteiger partial charge in [-0.2, -0.15) is 0 Å². The number of fused-ring (bicyclic) bond motifs is 1. The Morgan fingerprint density at radius 1 is 1.42 bits per heavy atom. The van der Waals surface area contributed by atoms with Crippen LogP contribution < -0.4 is 5.32 Å². The van der Waals surface area contributed by atoms with E-state index in [1.165, 1.54) is 12.1 Å². The van der Waals surface area contributed by atoms with E-state index in [2.05, 4.69) is 10.3 Å².